The fourth-order valence-electron chi connectivity index (χ4n) is 2.53. The van der Waals surface area contributed by atoms with Crippen molar-refractivity contribution in [1.29, 1.82) is 0 Å². The highest BCUT2D eigenvalue weighted by Crippen LogP contribution is 2.29. The Morgan fingerprint density at radius 1 is 1.15 bits per heavy atom. The van der Waals surface area contributed by atoms with Crippen molar-refractivity contribution in [2.24, 2.45) is 5.92 Å². The van der Waals surface area contributed by atoms with Crippen LogP contribution in [0.4, 0.5) is 10.5 Å². The number of anilines is 1. The summed E-state index contributed by atoms with van der Waals surface area (Å²) in [6, 6.07) is 7.20. The van der Waals surface area contributed by atoms with Gasteiger partial charge >= 0.3 is 6.03 Å². The van der Waals surface area contributed by atoms with Crippen LogP contribution in [0, 0.1) is 5.92 Å². The van der Waals surface area contributed by atoms with Gasteiger partial charge in [-0.15, -0.1) is 0 Å². The number of benzene rings is 1. The number of rotatable bonds is 3. The third kappa shape index (κ3) is 3.64. The molecule has 4 nitrogen and oxygen atoms in total. The standard InChI is InChI=1S/C15H20ClN3O/c16-13-3-5-14(6-4-13)17-15(20)19-9-7-18(8-10-19)11-12-1-2-12/h3-6,12H,1-2,7-11H2,(H,17,20). The Bertz CT molecular complexity index is 465. The van der Waals surface area contributed by atoms with E-state index in [1.165, 1.54) is 19.4 Å². The Labute approximate surface area is 124 Å². The molecular formula is C15H20ClN3O. The first-order valence-corrected chi connectivity index (χ1v) is 7.62. The molecule has 3 rings (SSSR count). The van der Waals surface area contributed by atoms with Crippen molar-refractivity contribution in [3.05, 3.63) is 29.3 Å². The molecule has 0 atom stereocenters. The minimum absolute atomic E-state index is 0.0154. The second kappa shape index (κ2) is 6.02. The monoisotopic (exact) mass is 293 g/mol. The molecule has 0 radical (unpaired) electrons. The summed E-state index contributed by atoms with van der Waals surface area (Å²) in [6.45, 7) is 4.82. The molecule has 20 heavy (non-hydrogen) atoms. The van der Waals surface area contributed by atoms with Gasteiger partial charge in [-0.1, -0.05) is 11.6 Å². The van der Waals surface area contributed by atoms with Crippen LogP contribution in [0.1, 0.15) is 12.8 Å². The second-order valence-electron chi connectivity index (χ2n) is 5.67. The third-order valence-electron chi connectivity index (χ3n) is 3.97. The van der Waals surface area contributed by atoms with Gasteiger partial charge in [0, 0.05) is 43.4 Å². The fraction of sp³-hybridized carbons (Fsp3) is 0.533. The summed E-state index contributed by atoms with van der Waals surface area (Å²) in [4.78, 5) is 16.5. The SMILES string of the molecule is O=C(Nc1ccc(Cl)cc1)N1CCN(CC2CC2)CC1. The van der Waals surface area contributed by atoms with Crippen LogP contribution in [0.15, 0.2) is 24.3 Å². The number of carbonyl (C=O) groups excluding carboxylic acids is 1. The lowest BCUT2D eigenvalue weighted by Gasteiger charge is -2.34. The Kier molecular flexibility index (Phi) is 4.13. The maximum Gasteiger partial charge on any atom is 0.321 e. The van der Waals surface area contributed by atoms with Crippen molar-refractivity contribution in [3.63, 3.8) is 0 Å². The number of hydrogen-bond donors (Lipinski definition) is 1. The fourth-order valence-corrected chi connectivity index (χ4v) is 2.66. The normalized spacial score (nSPS) is 19.9. The molecular weight excluding hydrogens is 274 g/mol. The highest BCUT2D eigenvalue weighted by Gasteiger charge is 2.27. The van der Waals surface area contributed by atoms with Crippen molar-refractivity contribution in [1.82, 2.24) is 9.80 Å². The summed E-state index contributed by atoms with van der Waals surface area (Å²) in [5.41, 5.74) is 0.791. The number of amides is 2. The number of nitrogens with zero attached hydrogens (tertiary/aromatic N) is 2. The summed E-state index contributed by atoms with van der Waals surface area (Å²) in [5.74, 6) is 0.921. The van der Waals surface area contributed by atoms with Gasteiger partial charge in [0.05, 0.1) is 0 Å². The lowest BCUT2D eigenvalue weighted by molar-refractivity contribution is 0.144. The topological polar surface area (TPSA) is 35.6 Å². The van der Waals surface area contributed by atoms with Crippen LogP contribution in [-0.4, -0.2) is 48.6 Å². The number of hydrogen-bond acceptors (Lipinski definition) is 2. The molecule has 1 N–H and O–H groups in total. The molecule has 0 spiro atoms. The zero-order valence-corrected chi connectivity index (χ0v) is 12.3. The van der Waals surface area contributed by atoms with Gasteiger partial charge in [-0.2, -0.15) is 0 Å². The third-order valence-corrected chi connectivity index (χ3v) is 4.22. The molecule has 5 heteroatoms. The maximum atomic E-state index is 12.2. The number of piperazine rings is 1. The quantitative estimate of drug-likeness (QED) is 0.930. The van der Waals surface area contributed by atoms with E-state index in [9.17, 15) is 4.79 Å². The average Bonchev–Trinajstić information content (AvgIpc) is 3.26. The molecule has 2 amide bonds. The highest BCUT2D eigenvalue weighted by atomic mass is 35.5. The first-order valence-electron chi connectivity index (χ1n) is 7.24. The molecule has 108 valence electrons. The van der Waals surface area contributed by atoms with Crippen LogP contribution in [-0.2, 0) is 0 Å². The van der Waals surface area contributed by atoms with Gasteiger partial charge in [-0.05, 0) is 43.0 Å². The average molecular weight is 294 g/mol. The van der Waals surface area contributed by atoms with E-state index in [0.717, 1.165) is 37.8 Å². The van der Waals surface area contributed by atoms with Gasteiger partial charge in [0.15, 0.2) is 0 Å². The molecule has 1 saturated heterocycles. The second-order valence-corrected chi connectivity index (χ2v) is 6.10. The van der Waals surface area contributed by atoms with Crippen LogP contribution in [0.3, 0.4) is 0 Å². The molecule has 0 aromatic heterocycles. The van der Waals surface area contributed by atoms with Gasteiger partial charge in [0.2, 0.25) is 0 Å². The van der Waals surface area contributed by atoms with Gasteiger partial charge in [-0.25, -0.2) is 4.79 Å². The van der Waals surface area contributed by atoms with Crippen molar-refractivity contribution < 1.29 is 4.79 Å². The van der Waals surface area contributed by atoms with Gasteiger partial charge in [0.25, 0.3) is 0 Å². The Morgan fingerprint density at radius 3 is 2.40 bits per heavy atom. The number of nitrogens with one attached hydrogen (secondary N) is 1. The smallest absolute Gasteiger partial charge is 0.321 e. The van der Waals surface area contributed by atoms with Crippen molar-refractivity contribution >= 4 is 23.3 Å². The van der Waals surface area contributed by atoms with E-state index in [2.05, 4.69) is 10.2 Å². The molecule has 1 saturated carbocycles. The Hall–Kier alpha value is -1.26. The number of carbonyl (C=O) groups is 1. The predicted octanol–water partition coefficient (Wildman–Crippen LogP) is 2.90. The van der Waals surface area contributed by atoms with Crippen LogP contribution >= 0.6 is 11.6 Å². The molecule has 1 aromatic carbocycles. The number of urea groups is 1. The van der Waals surface area contributed by atoms with E-state index in [1.807, 2.05) is 17.0 Å². The molecule has 1 heterocycles. The minimum Gasteiger partial charge on any atom is -0.322 e. The van der Waals surface area contributed by atoms with Gasteiger partial charge in [-0.3, -0.25) is 4.90 Å². The molecule has 2 aliphatic rings. The summed E-state index contributed by atoms with van der Waals surface area (Å²) in [7, 11) is 0. The Morgan fingerprint density at radius 2 is 1.80 bits per heavy atom. The lowest BCUT2D eigenvalue weighted by Crippen LogP contribution is -2.50. The number of halogens is 1. The maximum absolute atomic E-state index is 12.2. The predicted molar refractivity (Wildman–Crippen MR) is 81.2 cm³/mol. The molecule has 1 aromatic rings. The van der Waals surface area contributed by atoms with E-state index < -0.39 is 0 Å². The van der Waals surface area contributed by atoms with E-state index in [-0.39, 0.29) is 6.03 Å². The van der Waals surface area contributed by atoms with E-state index in [4.69, 9.17) is 11.6 Å². The zero-order chi connectivity index (χ0) is 13.9. The van der Waals surface area contributed by atoms with Crippen molar-refractivity contribution in [3.8, 4) is 0 Å². The van der Waals surface area contributed by atoms with E-state index in [1.54, 1.807) is 12.1 Å². The molecule has 2 fully saturated rings. The van der Waals surface area contributed by atoms with Gasteiger partial charge in [0.1, 0.15) is 0 Å². The summed E-state index contributed by atoms with van der Waals surface area (Å²) < 4.78 is 0. The molecule has 0 unspecified atom stereocenters. The summed E-state index contributed by atoms with van der Waals surface area (Å²) in [5, 5.41) is 3.59. The van der Waals surface area contributed by atoms with Crippen molar-refractivity contribution in [2.75, 3.05) is 38.0 Å². The van der Waals surface area contributed by atoms with Gasteiger partial charge < -0.3 is 10.2 Å². The Balaban J connectivity index is 1.47. The molecule has 1 aliphatic carbocycles. The summed E-state index contributed by atoms with van der Waals surface area (Å²) >= 11 is 5.83. The van der Waals surface area contributed by atoms with Crippen LogP contribution in [0.25, 0.3) is 0 Å². The molecule has 0 bridgehead atoms. The zero-order valence-electron chi connectivity index (χ0n) is 11.5. The van der Waals surface area contributed by atoms with Crippen molar-refractivity contribution in [2.45, 2.75) is 12.8 Å². The molecule has 1 aliphatic heterocycles. The lowest BCUT2D eigenvalue weighted by atomic mass is 10.3. The van der Waals surface area contributed by atoms with Crippen LogP contribution in [0.5, 0.6) is 0 Å². The van der Waals surface area contributed by atoms with E-state index in [0.29, 0.717) is 5.02 Å². The van der Waals surface area contributed by atoms with Crippen LogP contribution in [0.2, 0.25) is 5.02 Å². The first kappa shape index (κ1) is 13.7. The van der Waals surface area contributed by atoms with E-state index >= 15 is 0 Å². The minimum atomic E-state index is -0.0154. The van der Waals surface area contributed by atoms with Crippen LogP contribution < -0.4 is 5.32 Å². The summed E-state index contributed by atoms with van der Waals surface area (Å²) in [6.07, 6.45) is 2.77. The largest absolute Gasteiger partial charge is 0.322 e. The highest BCUT2D eigenvalue weighted by molar-refractivity contribution is 6.30. The first-order chi connectivity index (χ1) is 9.70.